The molecular weight excluding hydrogens is 450 g/mol. The Bertz CT molecular complexity index is 851. The fraction of sp³-hybridized carbons (Fsp3) is 0.476. The van der Waals surface area contributed by atoms with Gasteiger partial charge in [0.2, 0.25) is 23.6 Å². The van der Waals surface area contributed by atoms with E-state index in [-0.39, 0.29) is 12.2 Å². The summed E-state index contributed by atoms with van der Waals surface area (Å²) in [5, 5.41) is 16.6. The van der Waals surface area contributed by atoms with E-state index in [0.29, 0.717) is 0 Å². The lowest BCUT2D eigenvalue weighted by Gasteiger charge is -2.27. The van der Waals surface area contributed by atoms with Crippen molar-refractivity contribution >= 4 is 42.2 Å². The van der Waals surface area contributed by atoms with Gasteiger partial charge in [-0.15, -0.1) is 0 Å². The molecule has 0 bridgehead atoms. The van der Waals surface area contributed by atoms with Gasteiger partial charge in [-0.3, -0.25) is 19.2 Å². The summed E-state index contributed by atoms with van der Waals surface area (Å²) in [6.07, 6.45) is -0.314. The lowest BCUT2D eigenvalue weighted by molar-refractivity contribution is -0.142. The van der Waals surface area contributed by atoms with Crippen LogP contribution >= 0.6 is 12.6 Å². The number of rotatable bonds is 13. The highest BCUT2D eigenvalue weighted by Crippen LogP contribution is 2.08. The second kappa shape index (κ2) is 13.4. The maximum atomic E-state index is 13.1. The summed E-state index contributed by atoms with van der Waals surface area (Å²) in [7, 11) is 0. The van der Waals surface area contributed by atoms with Gasteiger partial charge in [0, 0.05) is 12.2 Å². The highest BCUT2D eigenvalue weighted by molar-refractivity contribution is 7.80. The van der Waals surface area contributed by atoms with Crippen molar-refractivity contribution in [2.45, 2.75) is 50.9 Å². The van der Waals surface area contributed by atoms with E-state index >= 15 is 0 Å². The zero-order chi connectivity index (χ0) is 25.1. The van der Waals surface area contributed by atoms with Crippen LogP contribution < -0.4 is 27.4 Å². The standard InChI is InChI=1S/C21H31N5O6S/c1-11(2)17(20(30)25-15(10-33)21(31)32)26-19(29)14(8-12-6-4-3-5-7-12)24-18(28)13(22)9-16(23)27/h3-7,11,13-15,17,33H,8-10,22H2,1-2H3,(H2,23,27)(H,24,28)(H,25,30)(H,26,29)(H,31,32). The average Bonchev–Trinajstić information content (AvgIpc) is 2.74. The van der Waals surface area contributed by atoms with Crippen LogP contribution in [0.15, 0.2) is 30.3 Å². The van der Waals surface area contributed by atoms with Crippen molar-refractivity contribution in [3.8, 4) is 0 Å². The smallest absolute Gasteiger partial charge is 0.327 e. The second-order valence-electron chi connectivity index (χ2n) is 7.84. The topological polar surface area (TPSA) is 194 Å². The molecule has 0 heterocycles. The van der Waals surface area contributed by atoms with Crippen LogP contribution in [-0.2, 0) is 30.4 Å². The molecule has 0 saturated carbocycles. The lowest BCUT2D eigenvalue weighted by atomic mass is 10.0. The molecule has 12 heteroatoms. The van der Waals surface area contributed by atoms with Gasteiger partial charge in [-0.1, -0.05) is 44.2 Å². The quantitative estimate of drug-likeness (QED) is 0.168. The van der Waals surface area contributed by atoms with Crippen LogP contribution in [0.5, 0.6) is 0 Å². The zero-order valence-electron chi connectivity index (χ0n) is 18.5. The number of carbonyl (C=O) groups is 5. The van der Waals surface area contributed by atoms with Crippen molar-refractivity contribution in [1.82, 2.24) is 16.0 Å². The van der Waals surface area contributed by atoms with Crippen molar-refractivity contribution in [3.63, 3.8) is 0 Å². The van der Waals surface area contributed by atoms with Gasteiger partial charge < -0.3 is 32.5 Å². The number of nitrogens with two attached hydrogens (primary N) is 2. The first-order chi connectivity index (χ1) is 15.5. The number of hydrogen-bond acceptors (Lipinski definition) is 7. The van der Waals surface area contributed by atoms with Gasteiger partial charge in [0.1, 0.15) is 18.1 Å². The summed E-state index contributed by atoms with van der Waals surface area (Å²) >= 11 is 3.91. The van der Waals surface area contributed by atoms with Gasteiger partial charge in [-0.05, 0) is 11.5 Å². The fourth-order valence-corrected chi connectivity index (χ4v) is 3.13. The average molecular weight is 482 g/mol. The molecule has 4 amide bonds. The third-order valence-electron chi connectivity index (χ3n) is 4.72. The summed E-state index contributed by atoms with van der Waals surface area (Å²) in [6, 6.07) is 4.16. The maximum Gasteiger partial charge on any atom is 0.327 e. The molecule has 0 aliphatic heterocycles. The van der Waals surface area contributed by atoms with Crippen LogP contribution in [0.25, 0.3) is 0 Å². The predicted octanol–water partition coefficient (Wildman–Crippen LogP) is -1.44. The van der Waals surface area contributed by atoms with Gasteiger partial charge in [0.25, 0.3) is 0 Å². The third-order valence-corrected chi connectivity index (χ3v) is 5.08. The molecule has 1 aromatic carbocycles. The molecule has 182 valence electrons. The number of thiol groups is 1. The first-order valence-electron chi connectivity index (χ1n) is 10.3. The number of aliphatic carboxylic acids is 1. The number of carboxylic acid groups (broad SMARTS) is 1. The van der Waals surface area contributed by atoms with Gasteiger partial charge in [-0.2, -0.15) is 12.6 Å². The summed E-state index contributed by atoms with van der Waals surface area (Å²) in [4.78, 5) is 60.4. The van der Waals surface area contributed by atoms with E-state index in [1.807, 2.05) is 0 Å². The van der Waals surface area contributed by atoms with Crippen LogP contribution in [0.2, 0.25) is 0 Å². The van der Waals surface area contributed by atoms with Crippen molar-refractivity contribution in [3.05, 3.63) is 35.9 Å². The van der Waals surface area contributed by atoms with E-state index in [9.17, 15) is 24.0 Å². The van der Waals surface area contributed by atoms with E-state index in [2.05, 4.69) is 28.6 Å². The van der Waals surface area contributed by atoms with Gasteiger partial charge in [0.05, 0.1) is 12.5 Å². The first-order valence-corrected chi connectivity index (χ1v) is 10.9. The number of hydrogen-bond donors (Lipinski definition) is 7. The highest BCUT2D eigenvalue weighted by atomic mass is 32.1. The number of primary amides is 1. The largest absolute Gasteiger partial charge is 0.480 e. The van der Waals surface area contributed by atoms with Crippen molar-refractivity contribution in [2.24, 2.45) is 17.4 Å². The molecule has 0 fully saturated rings. The molecular formula is C21H31N5O6S. The minimum Gasteiger partial charge on any atom is -0.480 e. The number of benzene rings is 1. The van der Waals surface area contributed by atoms with E-state index in [1.54, 1.807) is 44.2 Å². The summed E-state index contributed by atoms with van der Waals surface area (Å²) in [5.74, 6) is -4.69. The summed E-state index contributed by atoms with van der Waals surface area (Å²) < 4.78 is 0. The second-order valence-corrected chi connectivity index (χ2v) is 8.21. The number of nitrogens with one attached hydrogen (secondary N) is 3. The number of carboxylic acids is 1. The number of carbonyl (C=O) groups excluding carboxylic acids is 4. The van der Waals surface area contributed by atoms with E-state index in [1.165, 1.54) is 0 Å². The van der Waals surface area contributed by atoms with Crippen LogP contribution in [0.1, 0.15) is 25.8 Å². The van der Waals surface area contributed by atoms with E-state index in [0.717, 1.165) is 5.56 Å². The molecule has 1 rings (SSSR count). The van der Waals surface area contributed by atoms with E-state index in [4.69, 9.17) is 16.6 Å². The van der Waals surface area contributed by atoms with Gasteiger partial charge in [-0.25, -0.2) is 4.79 Å². The molecule has 0 saturated heterocycles. The summed E-state index contributed by atoms with van der Waals surface area (Å²) in [5.41, 5.74) is 11.5. The Labute approximate surface area is 197 Å². The Morgan fingerprint density at radius 1 is 0.939 bits per heavy atom. The van der Waals surface area contributed by atoms with Crippen molar-refractivity contribution in [2.75, 3.05) is 5.75 Å². The predicted molar refractivity (Wildman–Crippen MR) is 124 cm³/mol. The molecule has 11 nitrogen and oxygen atoms in total. The molecule has 8 N–H and O–H groups in total. The molecule has 1 aromatic rings. The Morgan fingerprint density at radius 2 is 1.52 bits per heavy atom. The Morgan fingerprint density at radius 3 is 2.00 bits per heavy atom. The van der Waals surface area contributed by atoms with Gasteiger partial charge in [0.15, 0.2) is 0 Å². The SMILES string of the molecule is CC(C)C(NC(=O)C(Cc1ccccc1)NC(=O)C(N)CC(N)=O)C(=O)NC(CS)C(=O)O. The van der Waals surface area contributed by atoms with Crippen LogP contribution in [0.3, 0.4) is 0 Å². The zero-order valence-corrected chi connectivity index (χ0v) is 19.4. The van der Waals surface area contributed by atoms with E-state index < -0.39 is 66.1 Å². The number of amides is 4. The van der Waals surface area contributed by atoms with Crippen LogP contribution in [0, 0.1) is 5.92 Å². The molecule has 4 atom stereocenters. The molecule has 0 aliphatic rings. The molecule has 33 heavy (non-hydrogen) atoms. The molecule has 0 aliphatic carbocycles. The van der Waals surface area contributed by atoms with Crippen molar-refractivity contribution < 1.29 is 29.1 Å². The Balaban J connectivity index is 3.05. The maximum absolute atomic E-state index is 13.1. The minimum atomic E-state index is -1.26. The molecule has 0 spiro atoms. The fourth-order valence-electron chi connectivity index (χ4n) is 2.88. The normalized spacial score (nSPS) is 14.5. The molecule has 0 aromatic heterocycles. The monoisotopic (exact) mass is 481 g/mol. The highest BCUT2D eigenvalue weighted by Gasteiger charge is 2.31. The Kier molecular flexibility index (Phi) is 11.4. The van der Waals surface area contributed by atoms with Crippen LogP contribution in [-0.4, -0.2) is 64.6 Å². The first kappa shape index (κ1) is 27.9. The Hall–Kier alpha value is -3.12. The third kappa shape index (κ3) is 9.49. The van der Waals surface area contributed by atoms with Crippen LogP contribution in [0.4, 0.5) is 0 Å². The summed E-state index contributed by atoms with van der Waals surface area (Å²) in [6.45, 7) is 3.35. The van der Waals surface area contributed by atoms with Crippen molar-refractivity contribution in [1.29, 1.82) is 0 Å². The van der Waals surface area contributed by atoms with Gasteiger partial charge >= 0.3 is 5.97 Å². The lowest BCUT2D eigenvalue weighted by Crippen LogP contribution is -2.59. The molecule has 0 radical (unpaired) electrons. The molecule has 4 unspecified atom stereocenters. The minimum absolute atomic E-state index is 0.0858.